The number of rotatable bonds is 2. The number of pyridine rings is 1. The third kappa shape index (κ3) is 1.65. The molecular weight excluding hydrogens is 254 g/mol. The molecule has 0 fully saturated rings. The molecule has 0 saturated heterocycles. The number of aromatic hydroxyl groups is 1. The van der Waals surface area contributed by atoms with E-state index in [1.54, 1.807) is 6.92 Å². The molecule has 1 aromatic heterocycles. The summed E-state index contributed by atoms with van der Waals surface area (Å²) in [5.41, 5.74) is -0.742. The minimum absolute atomic E-state index is 0.126. The molecule has 14 heavy (non-hydrogen) atoms. The lowest BCUT2D eigenvalue weighted by Crippen LogP contribution is -2.21. The van der Waals surface area contributed by atoms with E-state index >= 15 is 0 Å². The molecule has 1 rings (SSSR count). The van der Waals surface area contributed by atoms with Crippen LogP contribution in [0.5, 0.6) is 5.75 Å². The minimum atomic E-state index is -1.27. The molecule has 0 saturated carbocycles. The number of halogens is 1. The van der Waals surface area contributed by atoms with Crippen LogP contribution in [0.3, 0.4) is 0 Å². The Morgan fingerprint density at radius 3 is 2.64 bits per heavy atom. The summed E-state index contributed by atoms with van der Waals surface area (Å²) in [6, 6.07) is 0. The first kappa shape index (κ1) is 10.8. The van der Waals surface area contributed by atoms with Crippen molar-refractivity contribution in [2.45, 2.75) is 13.5 Å². The molecule has 2 N–H and O–H groups in total. The summed E-state index contributed by atoms with van der Waals surface area (Å²) >= 11 is 2.84. The molecule has 0 aliphatic heterocycles. The molecule has 0 unspecified atom stereocenters. The predicted octanol–water partition coefficient (Wildman–Crippen LogP) is 1.03. The summed E-state index contributed by atoms with van der Waals surface area (Å²) in [5, 5.41) is 18.0. The lowest BCUT2D eigenvalue weighted by Gasteiger charge is -2.06. The summed E-state index contributed by atoms with van der Waals surface area (Å²) in [6.45, 7) is 2.05. The molecule has 6 heteroatoms. The Kier molecular flexibility index (Phi) is 2.95. The van der Waals surface area contributed by atoms with Gasteiger partial charge in [-0.2, -0.15) is 0 Å². The van der Waals surface area contributed by atoms with Crippen LogP contribution in [-0.4, -0.2) is 20.7 Å². The highest BCUT2D eigenvalue weighted by atomic mass is 79.9. The number of aromatic nitrogens is 1. The Labute approximate surface area is 87.7 Å². The maximum Gasteiger partial charge on any atom is 0.341 e. The summed E-state index contributed by atoms with van der Waals surface area (Å²) in [7, 11) is 0. The van der Waals surface area contributed by atoms with E-state index in [0.717, 1.165) is 6.20 Å². The second-order valence-corrected chi connectivity index (χ2v) is 3.39. The number of carbonyl (C=O) groups is 1. The minimum Gasteiger partial charge on any atom is -0.506 e. The number of nitrogens with zero attached hydrogens (tertiary/aromatic N) is 1. The van der Waals surface area contributed by atoms with Crippen molar-refractivity contribution in [3.63, 3.8) is 0 Å². The number of hydrogen-bond donors (Lipinski definition) is 2. The van der Waals surface area contributed by atoms with Gasteiger partial charge in [-0.25, -0.2) is 4.79 Å². The first-order valence-corrected chi connectivity index (χ1v) is 4.63. The zero-order valence-corrected chi connectivity index (χ0v) is 8.91. The van der Waals surface area contributed by atoms with Gasteiger partial charge in [0.05, 0.1) is 0 Å². The van der Waals surface area contributed by atoms with Gasteiger partial charge in [0, 0.05) is 12.7 Å². The predicted molar refractivity (Wildman–Crippen MR) is 52.7 cm³/mol. The van der Waals surface area contributed by atoms with Gasteiger partial charge in [0.25, 0.3) is 5.56 Å². The smallest absolute Gasteiger partial charge is 0.341 e. The topological polar surface area (TPSA) is 79.5 Å². The SMILES string of the molecule is CCn1cc(C(=O)O)c(O)c(Br)c1=O. The van der Waals surface area contributed by atoms with E-state index in [1.807, 2.05) is 0 Å². The van der Waals surface area contributed by atoms with Gasteiger partial charge in [0.2, 0.25) is 0 Å². The second-order valence-electron chi connectivity index (χ2n) is 2.60. The first-order valence-electron chi connectivity index (χ1n) is 3.84. The van der Waals surface area contributed by atoms with Crippen molar-refractivity contribution in [3.8, 4) is 5.75 Å². The lowest BCUT2D eigenvalue weighted by molar-refractivity contribution is 0.0692. The molecule has 76 valence electrons. The van der Waals surface area contributed by atoms with Gasteiger partial charge >= 0.3 is 5.97 Å². The molecule has 0 spiro atoms. The van der Waals surface area contributed by atoms with Crippen LogP contribution < -0.4 is 5.56 Å². The normalized spacial score (nSPS) is 10.1. The van der Waals surface area contributed by atoms with Crippen molar-refractivity contribution < 1.29 is 15.0 Å². The fraction of sp³-hybridized carbons (Fsp3) is 0.250. The average Bonchev–Trinajstić information content (AvgIpc) is 2.14. The molecule has 1 heterocycles. The maximum absolute atomic E-state index is 11.4. The molecule has 0 radical (unpaired) electrons. The summed E-state index contributed by atoms with van der Waals surface area (Å²) in [6.07, 6.45) is 1.12. The summed E-state index contributed by atoms with van der Waals surface area (Å²) in [5.74, 6) is -1.81. The average molecular weight is 262 g/mol. The summed E-state index contributed by atoms with van der Waals surface area (Å²) in [4.78, 5) is 22.0. The fourth-order valence-electron chi connectivity index (χ4n) is 1.01. The number of aromatic carboxylic acids is 1. The van der Waals surface area contributed by atoms with E-state index in [4.69, 9.17) is 5.11 Å². The monoisotopic (exact) mass is 261 g/mol. The van der Waals surface area contributed by atoms with Crippen LogP contribution in [0.15, 0.2) is 15.5 Å². The van der Waals surface area contributed by atoms with Gasteiger partial charge in [-0.3, -0.25) is 4.79 Å². The lowest BCUT2D eigenvalue weighted by atomic mass is 10.2. The second kappa shape index (κ2) is 3.83. The van der Waals surface area contributed by atoms with Crippen LogP contribution in [0.2, 0.25) is 0 Å². The Hall–Kier alpha value is -1.30. The zero-order chi connectivity index (χ0) is 10.9. The largest absolute Gasteiger partial charge is 0.506 e. The standard InChI is InChI=1S/C8H8BrNO4/c1-2-10-3-4(8(13)14)6(11)5(9)7(10)12/h3,11H,2H2,1H3,(H,13,14). The van der Waals surface area contributed by atoms with Crippen LogP contribution in [0.4, 0.5) is 0 Å². The highest BCUT2D eigenvalue weighted by Crippen LogP contribution is 2.23. The molecule has 0 atom stereocenters. The third-order valence-corrected chi connectivity index (χ3v) is 2.48. The van der Waals surface area contributed by atoms with Gasteiger partial charge < -0.3 is 14.8 Å². The number of hydrogen-bond acceptors (Lipinski definition) is 3. The highest BCUT2D eigenvalue weighted by molar-refractivity contribution is 9.10. The van der Waals surface area contributed by atoms with Crippen molar-refractivity contribution in [1.29, 1.82) is 0 Å². The Morgan fingerprint density at radius 2 is 2.21 bits per heavy atom. The molecule has 0 aliphatic carbocycles. The van der Waals surface area contributed by atoms with E-state index in [9.17, 15) is 14.7 Å². The quantitative estimate of drug-likeness (QED) is 0.834. The van der Waals surface area contributed by atoms with Crippen LogP contribution in [0.25, 0.3) is 0 Å². The van der Waals surface area contributed by atoms with Gasteiger partial charge in [-0.05, 0) is 22.9 Å². The van der Waals surface area contributed by atoms with E-state index < -0.39 is 17.3 Å². The van der Waals surface area contributed by atoms with Crippen molar-refractivity contribution >= 4 is 21.9 Å². The molecule has 1 aromatic rings. The van der Waals surface area contributed by atoms with Crippen molar-refractivity contribution in [1.82, 2.24) is 4.57 Å². The Bertz CT molecular complexity index is 438. The van der Waals surface area contributed by atoms with Crippen LogP contribution in [0.1, 0.15) is 17.3 Å². The van der Waals surface area contributed by atoms with Crippen molar-refractivity contribution in [3.05, 3.63) is 26.6 Å². The first-order chi connectivity index (χ1) is 6.49. The van der Waals surface area contributed by atoms with Crippen molar-refractivity contribution in [2.75, 3.05) is 0 Å². The molecule has 0 aliphatic rings. The van der Waals surface area contributed by atoms with E-state index in [0.29, 0.717) is 6.54 Å². The summed E-state index contributed by atoms with van der Waals surface area (Å²) < 4.78 is 1.08. The van der Waals surface area contributed by atoms with Gasteiger partial charge in [0.15, 0.2) is 5.75 Å². The molecule has 0 amide bonds. The van der Waals surface area contributed by atoms with E-state index in [-0.39, 0.29) is 10.0 Å². The maximum atomic E-state index is 11.4. The molecule has 0 bridgehead atoms. The van der Waals surface area contributed by atoms with Crippen LogP contribution in [0, 0.1) is 0 Å². The molecular formula is C8H8BrNO4. The van der Waals surface area contributed by atoms with E-state index in [1.165, 1.54) is 4.57 Å². The highest BCUT2D eigenvalue weighted by Gasteiger charge is 2.16. The third-order valence-electron chi connectivity index (χ3n) is 1.77. The van der Waals surface area contributed by atoms with Gasteiger partial charge in [0.1, 0.15) is 10.0 Å². The molecule has 5 nitrogen and oxygen atoms in total. The van der Waals surface area contributed by atoms with Gasteiger partial charge in [-0.1, -0.05) is 0 Å². The number of carboxylic acids is 1. The molecule has 0 aromatic carbocycles. The van der Waals surface area contributed by atoms with Gasteiger partial charge in [-0.15, -0.1) is 0 Å². The van der Waals surface area contributed by atoms with E-state index in [2.05, 4.69) is 15.9 Å². The zero-order valence-electron chi connectivity index (χ0n) is 7.32. The fourth-order valence-corrected chi connectivity index (χ4v) is 1.45. The number of carboxylic acid groups (broad SMARTS) is 1. The Morgan fingerprint density at radius 1 is 1.64 bits per heavy atom. The van der Waals surface area contributed by atoms with Crippen molar-refractivity contribution in [2.24, 2.45) is 0 Å². The Balaban J connectivity index is 3.57. The van der Waals surface area contributed by atoms with Crippen LogP contribution >= 0.6 is 15.9 Å². The number of aryl methyl sites for hydroxylation is 1. The van der Waals surface area contributed by atoms with Crippen LogP contribution in [-0.2, 0) is 6.54 Å².